The lowest BCUT2D eigenvalue weighted by molar-refractivity contribution is 0.373. The average Bonchev–Trinajstić information content (AvgIpc) is 2.92. The standard InChI is InChI=1S/C16H8F6N4O/c1-6-14(24-23-8-4-2-7(17)3-5-8)16(27)26(25-6)15-12(21)10(19)9(18)11(20)13(15)22/h2-5,25H,1H3. The number of aromatic nitrogens is 2. The number of azo groups is 1. The minimum atomic E-state index is -2.35. The Bertz CT molecular complexity index is 1090. The molecular weight excluding hydrogens is 378 g/mol. The summed E-state index contributed by atoms with van der Waals surface area (Å²) in [6.07, 6.45) is 0. The smallest absolute Gasteiger partial charge is 0.293 e. The second-order valence-corrected chi connectivity index (χ2v) is 5.32. The van der Waals surface area contributed by atoms with Crippen molar-refractivity contribution in [3.05, 3.63) is 75.2 Å². The molecule has 0 amide bonds. The maximum Gasteiger partial charge on any atom is 0.299 e. The summed E-state index contributed by atoms with van der Waals surface area (Å²) in [5.74, 6) is -11.6. The molecule has 0 radical (unpaired) electrons. The van der Waals surface area contributed by atoms with Crippen molar-refractivity contribution in [2.24, 2.45) is 10.2 Å². The van der Waals surface area contributed by atoms with Crippen LogP contribution in [0.25, 0.3) is 5.69 Å². The molecule has 11 heteroatoms. The Labute approximate surface area is 146 Å². The summed E-state index contributed by atoms with van der Waals surface area (Å²) in [7, 11) is 0. The van der Waals surface area contributed by atoms with E-state index in [9.17, 15) is 31.1 Å². The minimum absolute atomic E-state index is 0.0465. The van der Waals surface area contributed by atoms with Crippen molar-refractivity contribution in [2.75, 3.05) is 0 Å². The first kappa shape index (κ1) is 18.4. The third-order valence-corrected chi connectivity index (χ3v) is 3.54. The molecule has 5 nitrogen and oxygen atoms in total. The van der Waals surface area contributed by atoms with Gasteiger partial charge >= 0.3 is 0 Å². The van der Waals surface area contributed by atoms with Crippen LogP contribution in [-0.4, -0.2) is 9.78 Å². The molecule has 3 rings (SSSR count). The van der Waals surface area contributed by atoms with Crippen molar-refractivity contribution in [1.82, 2.24) is 9.78 Å². The lowest BCUT2D eigenvalue weighted by atomic mass is 10.2. The number of aromatic amines is 1. The molecule has 0 fully saturated rings. The van der Waals surface area contributed by atoms with E-state index in [4.69, 9.17) is 0 Å². The predicted molar refractivity (Wildman–Crippen MR) is 81.5 cm³/mol. The number of rotatable bonds is 3. The Morgan fingerprint density at radius 1 is 0.815 bits per heavy atom. The van der Waals surface area contributed by atoms with E-state index in [0.29, 0.717) is 0 Å². The zero-order chi connectivity index (χ0) is 19.9. The zero-order valence-corrected chi connectivity index (χ0v) is 13.3. The summed E-state index contributed by atoms with van der Waals surface area (Å²) < 4.78 is 80.7. The second kappa shape index (κ2) is 6.74. The third kappa shape index (κ3) is 3.11. The first-order valence-electron chi connectivity index (χ1n) is 7.23. The second-order valence-electron chi connectivity index (χ2n) is 5.32. The van der Waals surface area contributed by atoms with Gasteiger partial charge in [0.05, 0.1) is 11.4 Å². The molecule has 27 heavy (non-hydrogen) atoms. The minimum Gasteiger partial charge on any atom is -0.293 e. The SMILES string of the molecule is Cc1[nH]n(-c2c(F)c(F)c(F)c(F)c2F)c(=O)c1N=Nc1ccc(F)cc1. The van der Waals surface area contributed by atoms with Gasteiger partial charge in [0.1, 0.15) is 11.5 Å². The molecule has 2 aromatic carbocycles. The van der Waals surface area contributed by atoms with Gasteiger partial charge in [-0.05, 0) is 31.2 Å². The highest BCUT2D eigenvalue weighted by Crippen LogP contribution is 2.26. The molecular formula is C16H8F6N4O. The van der Waals surface area contributed by atoms with E-state index < -0.39 is 51.8 Å². The molecule has 1 heterocycles. The van der Waals surface area contributed by atoms with Crippen molar-refractivity contribution in [2.45, 2.75) is 6.92 Å². The molecule has 0 spiro atoms. The van der Waals surface area contributed by atoms with Crippen LogP contribution in [0.15, 0.2) is 39.3 Å². The van der Waals surface area contributed by atoms with Crippen LogP contribution in [0.5, 0.6) is 0 Å². The van der Waals surface area contributed by atoms with Crippen LogP contribution in [0.3, 0.4) is 0 Å². The number of hydrogen-bond acceptors (Lipinski definition) is 3. The Hall–Kier alpha value is -3.37. The number of halogens is 6. The van der Waals surface area contributed by atoms with Gasteiger partial charge < -0.3 is 0 Å². The molecule has 0 saturated carbocycles. The number of nitrogens with one attached hydrogen (secondary N) is 1. The van der Waals surface area contributed by atoms with E-state index in [2.05, 4.69) is 15.3 Å². The van der Waals surface area contributed by atoms with Gasteiger partial charge in [-0.2, -0.15) is 5.11 Å². The fraction of sp³-hybridized carbons (Fsp3) is 0.0625. The lowest BCUT2D eigenvalue weighted by Crippen LogP contribution is -2.19. The molecule has 0 bridgehead atoms. The lowest BCUT2D eigenvalue weighted by Gasteiger charge is -2.07. The molecule has 0 aliphatic heterocycles. The van der Waals surface area contributed by atoms with Gasteiger partial charge in [-0.3, -0.25) is 9.89 Å². The number of nitrogens with zero attached hydrogens (tertiary/aromatic N) is 3. The topological polar surface area (TPSA) is 62.5 Å². The van der Waals surface area contributed by atoms with Crippen LogP contribution >= 0.6 is 0 Å². The highest BCUT2D eigenvalue weighted by atomic mass is 19.2. The summed E-state index contributed by atoms with van der Waals surface area (Å²) in [5, 5.41) is 9.46. The zero-order valence-electron chi connectivity index (χ0n) is 13.3. The summed E-state index contributed by atoms with van der Waals surface area (Å²) in [5.41, 5.74) is -2.97. The summed E-state index contributed by atoms with van der Waals surface area (Å²) in [6, 6.07) is 4.68. The first-order chi connectivity index (χ1) is 12.7. The highest BCUT2D eigenvalue weighted by Gasteiger charge is 2.29. The molecule has 1 N–H and O–H groups in total. The Morgan fingerprint density at radius 2 is 1.33 bits per heavy atom. The van der Waals surface area contributed by atoms with E-state index in [1.54, 1.807) is 0 Å². The Kier molecular flexibility index (Phi) is 4.60. The van der Waals surface area contributed by atoms with Crippen molar-refractivity contribution >= 4 is 11.4 Å². The third-order valence-electron chi connectivity index (χ3n) is 3.54. The number of hydrogen-bond donors (Lipinski definition) is 1. The van der Waals surface area contributed by atoms with Gasteiger partial charge in [0.25, 0.3) is 5.56 Å². The maximum absolute atomic E-state index is 13.9. The molecule has 0 aliphatic carbocycles. The van der Waals surface area contributed by atoms with E-state index in [1.807, 2.05) is 0 Å². The van der Waals surface area contributed by atoms with Crippen LogP contribution in [0, 0.1) is 41.8 Å². The quantitative estimate of drug-likeness (QED) is 0.301. The van der Waals surface area contributed by atoms with Gasteiger partial charge in [-0.25, -0.2) is 31.0 Å². The van der Waals surface area contributed by atoms with Crippen LogP contribution in [0.4, 0.5) is 37.7 Å². The normalized spacial score (nSPS) is 11.5. The van der Waals surface area contributed by atoms with Crippen LogP contribution in [0.1, 0.15) is 5.69 Å². The van der Waals surface area contributed by atoms with Gasteiger partial charge in [0.15, 0.2) is 29.0 Å². The molecule has 140 valence electrons. The van der Waals surface area contributed by atoms with Crippen LogP contribution in [-0.2, 0) is 0 Å². The van der Waals surface area contributed by atoms with Crippen molar-refractivity contribution in [1.29, 1.82) is 0 Å². The van der Waals surface area contributed by atoms with Crippen LogP contribution in [0.2, 0.25) is 0 Å². The van der Waals surface area contributed by atoms with E-state index in [1.165, 1.54) is 19.1 Å². The van der Waals surface area contributed by atoms with Crippen molar-refractivity contribution in [3.8, 4) is 5.69 Å². The summed E-state index contributed by atoms with van der Waals surface area (Å²) >= 11 is 0. The van der Waals surface area contributed by atoms with Crippen molar-refractivity contribution in [3.63, 3.8) is 0 Å². The van der Waals surface area contributed by atoms with Gasteiger partial charge in [-0.15, -0.1) is 5.11 Å². The fourth-order valence-corrected chi connectivity index (χ4v) is 2.22. The largest absolute Gasteiger partial charge is 0.299 e. The molecule has 1 aromatic heterocycles. The average molecular weight is 386 g/mol. The highest BCUT2D eigenvalue weighted by molar-refractivity contribution is 5.45. The monoisotopic (exact) mass is 386 g/mol. The van der Waals surface area contributed by atoms with E-state index >= 15 is 0 Å². The Balaban J connectivity index is 2.13. The Morgan fingerprint density at radius 3 is 1.89 bits per heavy atom. The molecule has 3 aromatic rings. The first-order valence-corrected chi connectivity index (χ1v) is 7.23. The van der Waals surface area contributed by atoms with Crippen molar-refractivity contribution < 1.29 is 26.3 Å². The molecule has 0 aliphatic rings. The van der Waals surface area contributed by atoms with Gasteiger partial charge in [0, 0.05) is 0 Å². The molecule has 0 saturated heterocycles. The fourth-order valence-electron chi connectivity index (χ4n) is 2.22. The van der Waals surface area contributed by atoms with E-state index in [-0.39, 0.29) is 16.1 Å². The van der Waals surface area contributed by atoms with Gasteiger partial charge in [-0.1, -0.05) is 0 Å². The predicted octanol–water partition coefficient (Wildman–Crippen LogP) is 4.72. The maximum atomic E-state index is 13.9. The number of aryl methyl sites for hydroxylation is 1. The number of H-pyrrole nitrogens is 1. The molecule has 0 unspecified atom stereocenters. The van der Waals surface area contributed by atoms with Crippen LogP contribution < -0.4 is 5.56 Å². The summed E-state index contributed by atoms with van der Waals surface area (Å²) in [4.78, 5) is 12.3. The van der Waals surface area contributed by atoms with Gasteiger partial charge in [0.2, 0.25) is 5.82 Å². The summed E-state index contributed by atoms with van der Waals surface area (Å²) in [6.45, 7) is 1.28. The molecule has 0 atom stereocenters. The van der Waals surface area contributed by atoms with E-state index in [0.717, 1.165) is 12.1 Å². The number of benzene rings is 2.